The summed E-state index contributed by atoms with van der Waals surface area (Å²) in [6, 6.07) is 13.8. The molecule has 0 bridgehead atoms. The number of H-pyrrole nitrogens is 1. The van der Waals surface area contributed by atoms with Crippen LogP contribution in [0.3, 0.4) is 0 Å². The van der Waals surface area contributed by atoms with Gasteiger partial charge in [-0.15, -0.1) is 0 Å². The smallest absolute Gasteiger partial charge is 0.312 e. The zero-order valence-electron chi connectivity index (χ0n) is 16.7. The fourth-order valence-corrected chi connectivity index (χ4v) is 3.19. The fraction of sp³-hybridized carbons (Fsp3) is 0.227. The van der Waals surface area contributed by atoms with E-state index in [4.69, 9.17) is 21.6 Å². The number of aromatic amines is 1. The Bertz CT molecular complexity index is 1230. The zero-order chi connectivity index (χ0) is 22.4. The van der Waals surface area contributed by atoms with Crippen LogP contribution in [0.15, 0.2) is 47.3 Å². The molecule has 3 aromatic rings. The third-order valence-electron chi connectivity index (χ3n) is 4.64. The number of amides is 1. The molecule has 158 valence electrons. The average molecular weight is 439 g/mol. The van der Waals surface area contributed by atoms with Crippen LogP contribution in [0.2, 0.25) is 5.02 Å². The lowest BCUT2D eigenvalue weighted by Gasteiger charge is -2.22. The normalized spacial score (nSPS) is 10.5. The van der Waals surface area contributed by atoms with Gasteiger partial charge in [-0.1, -0.05) is 29.8 Å². The van der Waals surface area contributed by atoms with Crippen molar-refractivity contribution in [1.82, 2.24) is 10.2 Å². The Morgan fingerprint density at radius 3 is 2.68 bits per heavy atom. The number of hydrogen-bond acceptors (Lipinski definition) is 6. The summed E-state index contributed by atoms with van der Waals surface area (Å²) in [5, 5.41) is 16.7. The molecule has 31 heavy (non-hydrogen) atoms. The third-order valence-corrected chi connectivity index (χ3v) is 5.07. The van der Waals surface area contributed by atoms with Crippen LogP contribution in [-0.2, 0) is 20.7 Å². The van der Waals surface area contributed by atoms with Crippen molar-refractivity contribution in [3.05, 3.63) is 69.1 Å². The van der Waals surface area contributed by atoms with Crippen LogP contribution in [0, 0.1) is 18.3 Å². The molecule has 0 aliphatic heterocycles. The van der Waals surface area contributed by atoms with E-state index in [1.54, 1.807) is 49.4 Å². The molecule has 3 rings (SSSR count). The topological polar surface area (TPSA) is 116 Å². The second-order valence-electron chi connectivity index (χ2n) is 6.77. The molecule has 1 aromatic heterocycles. The van der Waals surface area contributed by atoms with Crippen molar-refractivity contribution in [1.29, 1.82) is 5.26 Å². The minimum atomic E-state index is -0.662. The van der Waals surface area contributed by atoms with Crippen molar-refractivity contribution >= 4 is 39.9 Å². The monoisotopic (exact) mass is 438 g/mol. The van der Waals surface area contributed by atoms with Crippen molar-refractivity contribution in [2.24, 2.45) is 0 Å². The lowest BCUT2D eigenvalue weighted by atomic mass is 10.1. The maximum absolute atomic E-state index is 12.7. The SMILES string of the molecule is Cc1cc(N(CCC#N)C(=O)COC(=O)Cc2n[nH]c(=O)c3ccccc23)ccc1Cl. The number of carbonyl (C=O) groups excluding carboxylic acids is 2. The minimum absolute atomic E-state index is 0.120. The number of nitriles is 1. The summed E-state index contributed by atoms with van der Waals surface area (Å²) >= 11 is 6.05. The summed E-state index contributed by atoms with van der Waals surface area (Å²) < 4.78 is 5.15. The number of nitrogens with one attached hydrogen (secondary N) is 1. The first-order valence-corrected chi connectivity index (χ1v) is 9.84. The van der Waals surface area contributed by atoms with Crippen molar-refractivity contribution in [2.45, 2.75) is 19.8 Å². The largest absolute Gasteiger partial charge is 0.455 e. The van der Waals surface area contributed by atoms with Gasteiger partial charge >= 0.3 is 5.97 Å². The van der Waals surface area contributed by atoms with Crippen LogP contribution >= 0.6 is 11.6 Å². The van der Waals surface area contributed by atoms with Gasteiger partial charge in [0.2, 0.25) is 0 Å². The Morgan fingerprint density at radius 2 is 1.97 bits per heavy atom. The highest BCUT2D eigenvalue weighted by Crippen LogP contribution is 2.23. The molecule has 1 heterocycles. The zero-order valence-corrected chi connectivity index (χ0v) is 17.5. The number of aromatic nitrogens is 2. The fourth-order valence-electron chi connectivity index (χ4n) is 3.07. The van der Waals surface area contributed by atoms with Gasteiger partial charge in [-0.3, -0.25) is 14.4 Å². The molecular formula is C22H19ClN4O4. The summed E-state index contributed by atoms with van der Waals surface area (Å²) in [7, 11) is 0. The number of hydrogen-bond donors (Lipinski definition) is 1. The van der Waals surface area contributed by atoms with E-state index in [0.717, 1.165) is 5.56 Å². The highest BCUT2D eigenvalue weighted by atomic mass is 35.5. The standard InChI is InChI=1S/C22H19ClN4O4/c1-14-11-15(7-8-18(14)23)27(10-4-9-24)20(28)13-31-21(29)12-19-16-5-2-3-6-17(16)22(30)26-25-19/h2-3,5-8,11H,4,10,12-13H2,1H3,(H,26,30). The molecule has 0 saturated carbocycles. The van der Waals surface area contributed by atoms with E-state index in [9.17, 15) is 14.4 Å². The summed E-state index contributed by atoms with van der Waals surface area (Å²) in [6.07, 6.45) is -0.0858. The molecule has 0 unspecified atom stereocenters. The van der Waals surface area contributed by atoms with E-state index in [2.05, 4.69) is 10.2 Å². The van der Waals surface area contributed by atoms with Crippen LogP contribution in [0.1, 0.15) is 17.7 Å². The van der Waals surface area contributed by atoms with Gasteiger partial charge in [-0.05, 0) is 36.8 Å². The van der Waals surface area contributed by atoms with Gasteiger partial charge in [-0.25, -0.2) is 5.10 Å². The first-order chi connectivity index (χ1) is 14.9. The lowest BCUT2D eigenvalue weighted by molar-refractivity contribution is -0.147. The van der Waals surface area contributed by atoms with Crippen molar-refractivity contribution in [3.8, 4) is 6.07 Å². The van der Waals surface area contributed by atoms with Gasteiger partial charge in [-0.2, -0.15) is 10.4 Å². The Labute approximate surface area is 183 Å². The maximum Gasteiger partial charge on any atom is 0.312 e. The Morgan fingerprint density at radius 1 is 1.23 bits per heavy atom. The summed E-state index contributed by atoms with van der Waals surface area (Å²) in [4.78, 5) is 38.3. The molecular weight excluding hydrogens is 420 g/mol. The van der Waals surface area contributed by atoms with E-state index in [-0.39, 0.29) is 24.9 Å². The van der Waals surface area contributed by atoms with Gasteiger partial charge in [0.1, 0.15) is 0 Å². The first kappa shape index (κ1) is 22.0. The van der Waals surface area contributed by atoms with Crippen molar-refractivity contribution < 1.29 is 14.3 Å². The quantitative estimate of drug-likeness (QED) is 0.567. The van der Waals surface area contributed by atoms with Crippen LogP contribution < -0.4 is 10.5 Å². The summed E-state index contributed by atoms with van der Waals surface area (Å²) in [6.45, 7) is 1.47. The molecule has 0 radical (unpaired) electrons. The van der Waals surface area contributed by atoms with Crippen molar-refractivity contribution in [2.75, 3.05) is 18.1 Å². The van der Waals surface area contributed by atoms with Gasteiger partial charge in [0.05, 0.1) is 30.0 Å². The Balaban J connectivity index is 1.70. The number of halogens is 1. The molecule has 1 N–H and O–H groups in total. The molecule has 0 atom stereocenters. The van der Waals surface area contributed by atoms with Crippen molar-refractivity contribution in [3.63, 3.8) is 0 Å². The molecule has 8 nitrogen and oxygen atoms in total. The number of fused-ring (bicyclic) bond motifs is 1. The van der Waals surface area contributed by atoms with Gasteiger partial charge in [0, 0.05) is 22.6 Å². The van der Waals surface area contributed by atoms with Crippen LogP contribution in [0.5, 0.6) is 0 Å². The molecule has 0 fully saturated rings. The Kier molecular flexibility index (Phi) is 7.00. The maximum atomic E-state index is 12.7. The molecule has 0 saturated heterocycles. The number of aryl methyl sites for hydroxylation is 1. The molecule has 1 amide bonds. The predicted octanol–water partition coefficient (Wildman–Crippen LogP) is 2.92. The van der Waals surface area contributed by atoms with Gasteiger partial charge < -0.3 is 9.64 Å². The van der Waals surface area contributed by atoms with Crippen LogP contribution in [0.25, 0.3) is 10.8 Å². The number of benzene rings is 2. The lowest BCUT2D eigenvalue weighted by Crippen LogP contribution is -2.35. The number of esters is 1. The number of ether oxygens (including phenoxy) is 1. The highest BCUT2D eigenvalue weighted by Gasteiger charge is 2.19. The number of rotatable bonds is 7. The van der Waals surface area contributed by atoms with Gasteiger partial charge in [0.15, 0.2) is 6.61 Å². The highest BCUT2D eigenvalue weighted by molar-refractivity contribution is 6.31. The molecule has 0 aliphatic carbocycles. The van der Waals surface area contributed by atoms with Gasteiger partial charge in [0.25, 0.3) is 11.5 Å². The molecule has 0 spiro atoms. The second kappa shape index (κ2) is 9.87. The first-order valence-electron chi connectivity index (χ1n) is 9.46. The van der Waals surface area contributed by atoms with Crippen LogP contribution in [-0.4, -0.2) is 35.2 Å². The summed E-state index contributed by atoms with van der Waals surface area (Å²) in [5.41, 5.74) is 1.34. The predicted molar refractivity (Wildman–Crippen MR) is 116 cm³/mol. The number of carbonyl (C=O) groups is 2. The molecule has 2 aromatic carbocycles. The molecule has 0 aliphatic rings. The summed E-state index contributed by atoms with van der Waals surface area (Å²) in [5.74, 6) is -1.13. The Hall–Kier alpha value is -3.70. The average Bonchev–Trinajstić information content (AvgIpc) is 2.77. The van der Waals surface area contributed by atoms with E-state index in [1.807, 2.05) is 6.07 Å². The van der Waals surface area contributed by atoms with E-state index in [1.165, 1.54) is 4.90 Å². The minimum Gasteiger partial charge on any atom is -0.455 e. The number of nitrogens with zero attached hydrogens (tertiary/aromatic N) is 3. The van der Waals surface area contributed by atoms with E-state index >= 15 is 0 Å². The second-order valence-corrected chi connectivity index (χ2v) is 7.18. The van der Waals surface area contributed by atoms with E-state index < -0.39 is 18.5 Å². The van der Waals surface area contributed by atoms with Crippen LogP contribution in [0.4, 0.5) is 5.69 Å². The molecule has 9 heteroatoms. The number of anilines is 1. The third kappa shape index (κ3) is 5.27. The van der Waals surface area contributed by atoms with E-state index in [0.29, 0.717) is 27.2 Å².